The van der Waals surface area contributed by atoms with Crippen LogP contribution in [-0.2, 0) is 0 Å². The van der Waals surface area contributed by atoms with Gasteiger partial charge in [0.1, 0.15) is 0 Å². The van der Waals surface area contributed by atoms with Crippen molar-refractivity contribution >= 4 is 33.5 Å². The smallest absolute Gasteiger partial charge is 0.277 e. The number of non-ortho nitro benzene ring substituents is 1. The molecular weight excluding hydrogens is 242 g/mol. The molecule has 92 valence electrons. The first-order valence-electron chi connectivity index (χ1n) is 5.76. The third-order valence-electron chi connectivity index (χ3n) is 3.22. The predicted octanol–water partition coefficient (Wildman–Crippen LogP) is 3.71. The monoisotopic (exact) mass is 251 g/mol. The summed E-state index contributed by atoms with van der Waals surface area (Å²) < 4.78 is 0. The molecule has 0 bridgehead atoms. The Morgan fingerprint density at radius 2 is 1.58 bits per heavy atom. The topological polar surface area (TPSA) is 60.2 Å². The molecule has 0 aliphatic carbocycles. The minimum Gasteiger partial charge on any atom is -0.298 e. The van der Waals surface area contributed by atoms with Gasteiger partial charge in [0.05, 0.1) is 10.3 Å². The zero-order valence-electron chi connectivity index (χ0n) is 9.87. The van der Waals surface area contributed by atoms with Crippen molar-refractivity contribution in [2.45, 2.75) is 0 Å². The molecule has 0 atom stereocenters. The van der Waals surface area contributed by atoms with E-state index in [2.05, 4.69) is 0 Å². The number of hydrogen-bond acceptors (Lipinski definition) is 3. The molecule has 0 aliphatic heterocycles. The number of aldehydes is 1. The van der Waals surface area contributed by atoms with Crippen LogP contribution in [0.4, 0.5) is 5.69 Å². The van der Waals surface area contributed by atoms with E-state index in [0.29, 0.717) is 16.3 Å². The average Bonchev–Trinajstić information content (AvgIpc) is 2.43. The molecule has 0 amide bonds. The number of carbonyl (C=O) groups is 1. The summed E-state index contributed by atoms with van der Waals surface area (Å²) >= 11 is 0. The quantitative estimate of drug-likeness (QED) is 0.302. The van der Waals surface area contributed by atoms with Gasteiger partial charge in [-0.15, -0.1) is 0 Å². The molecule has 0 spiro atoms. The lowest BCUT2D eigenvalue weighted by Gasteiger charge is -2.05. The largest absolute Gasteiger partial charge is 0.298 e. The first-order valence-corrected chi connectivity index (χ1v) is 5.76. The van der Waals surface area contributed by atoms with E-state index in [0.717, 1.165) is 17.1 Å². The van der Waals surface area contributed by atoms with E-state index >= 15 is 0 Å². The Bertz CT molecular complexity index is 824. The summed E-state index contributed by atoms with van der Waals surface area (Å²) in [7, 11) is 0. The number of fused-ring (bicyclic) bond motifs is 2. The second-order valence-electron chi connectivity index (χ2n) is 4.29. The number of rotatable bonds is 2. The Kier molecular flexibility index (Phi) is 2.49. The summed E-state index contributed by atoms with van der Waals surface area (Å²) in [5, 5.41) is 14.1. The Hall–Kier alpha value is -2.75. The van der Waals surface area contributed by atoms with Gasteiger partial charge in [-0.05, 0) is 34.4 Å². The van der Waals surface area contributed by atoms with Crippen molar-refractivity contribution in [1.29, 1.82) is 0 Å². The molecule has 4 nitrogen and oxygen atoms in total. The van der Waals surface area contributed by atoms with Gasteiger partial charge in [0.25, 0.3) is 5.69 Å². The molecule has 0 saturated heterocycles. The molecule has 0 fully saturated rings. The lowest BCUT2D eigenvalue weighted by atomic mass is 9.99. The van der Waals surface area contributed by atoms with E-state index in [1.54, 1.807) is 6.07 Å². The lowest BCUT2D eigenvalue weighted by molar-refractivity contribution is -0.383. The number of benzene rings is 3. The van der Waals surface area contributed by atoms with Gasteiger partial charge >= 0.3 is 0 Å². The third kappa shape index (κ3) is 1.74. The normalized spacial score (nSPS) is 10.7. The van der Waals surface area contributed by atoms with E-state index in [9.17, 15) is 14.9 Å². The van der Waals surface area contributed by atoms with Gasteiger partial charge in [0, 0.05) is 11.6 Å². The fourth-order valence-electron chi connectivity index (χ4n) is 2.30. The number of nitro benzene ring substituents is 1. The van der Waals surface area contributed by atoms with E-state index in [-0.39, 0.29) is 5.69 Å². The summed E-state index contributed by atoms with van der Waals surface area (Å²) in [5.41, 5.74) is 0.484. The van der Waals surface area contributed by atoms with Crippen molar-refractivity contribution in [3.8, 4) is 0 Å². The number of carbonyl (C=O) groups excluding carboxylic acids is 1. The summed E-state index contributed by atoms with van der Waals surface area (Å²) in [5.74, 6) is 0. The molecular formula is C15H9NO3. The molecule has 0 radical (unpaired) electrons. The van der Waals surface area contributed by atoms with Crippen LogP contribution in [-0.4, -0.2) is 11.2 Å². The van der Waals surface area contributed by atoms with Crippen molar-refractivity contribution in [2.24, 2.45) is 0 Å². The Morgan fingerprint density at radius 3 is 2.16 bits per heavy atom. The summed E-state index contributed by atoms with van der Waals surface area (Å²) in [6, 6.07) is 14.0. The molecule has 0 N–H and O–H groups in total. The number of nitro groups is 1. The highest BCUT2D eigenvalue weighted by atomic mass is 16.6. The molecule has 3 rings (SSSR count). The van der Waals surface area contributed by atoms with Gasteiger partial charge in [-0.25, -0.2) is 0 Å². The zero-order chi connectivity index (χ0) is 13.4. The van der Waals surface area contributed by atoms with Crippen LogP contribution in [0.5, 0.6) is 0 Å². The molecule has 0 saturated carbocycles. The first-order chi connectivity index (χ1) is 9.20. The third-order valence-corrected chi connectivity index (χ3v) is 3.22. The Balaban J connectivity index is 2.53. The van der Waals surface area contributed by atoms with Crippen molar-refractivity contribution in [2.75, 3.05) is 0 Å². The zero-order valence-corrected chi connectivity index (χ0v) is 9.87. The van der Waals surface area contributed by atoms with E-state index in [4.69, 9.17) is 0 Å². The number of nitrogens with zero attached hydrogens (tertiary/aromatic N) is 1. The van der Waals surface area contributed by atoms with E-state index < -0.39 is 4.92 Å². The van der Waals surface area contributed by atoms with E-state index in [1.165, 1.54) is 12.1 Å². The highest BCUT2D eigenvalue weighted by Gasteiger charge is 2.14. The van der Waals surface area contributed by atoms with Gasteiger partial charge in [-0.2, -0.15) is 0 Å². The van der Waals surface area contributed by atoms with Crippen molar-refractivity contribution < 1.29 is 9.72 Å². The minimum atomic E-state index is -0.425. The molecule has 3 aromatic rings. The fourth-order valence-corrected chi connectivity index (χ4v) is 2.30. The second-order valence-corrected chi connectivity index (χ2v) is 4.29. The van der Waals surface area contributed by atoms with Crippen molar-refractivity contribution in [3.63, 3.8) is 0 Å². The molecule has 19 heavy (non-hydrogen) atoms. The highest BCUT2D eigenvalue weighted by molar-refractivity contribution is 6.08. The summed E-state index contributed by atoms with van der Waals surface area (Å²) in [6.45, 7) is 0. The first kappa shape index (κ1) is 11.3. The molecule has 0 heterocycles. The summed E-state index contributed by atoms with van der Waals surface area (Å²) in [6.07, 6.45) is 0.723. The van der Waals surface area contributed by atoms with Gasteiger partial charge in [0.2, 0.25) is 0 Å². The second kappa shape index (κ2) is 4.17. The molecule has 3 aromatic carbocycles. The lowest BCUT2D eigenvalue weighted by Crippen LogP contribution is -1.92. The van der Waals surface area contributed by atoms with Gasteiger partial charge < -0.3 is 0 Å². The van der Waals surface area contributed by atoms with Crippen LogP contribution in [0, 0.1) is 10.1 Å². The van der Waals surface area contributed by atoms with Gasteiger partial charge in [-0.3, -0.25) is 14.9 Å². The van der Waals surface area contributed by atoms with Crippen LogP contribution in [0.1, 0.15) is 10.4 Å². The molecule has 4 heteroatoms. The fraction of sp³-hybridized carbons (Fsp3) is 0. The average molecular weight is 251 g/mol. The molecule has 0 aliphatic rings. The maximum absolute atomic E-state index is 11.1. The molecule has 0 aromatic heterocycles. The Morgan fingerprint density at radius 1 is 0.947 bits per heavy atom. The summed E-state index contributed by atoms with van der Waals surface area (Å²) in [4.78, 5) is 21.7. The maximum atomic E-state index is 11.1. The van der Waals surface area contributed by atoms with Gasteiger partial charge in [-0.1, -0.05) is 24.3 Å². The minimum absolute atomic E-state index is 0.0198. The highest BCUT2D eigenvalue weighted by Crippen LogP contribution is 2.31. The number of hydrogen-bond donors (Lipinski definition) is 0. The van der Waals surface area contributed by atoms with Crippen LogP contribution in [0.3, 0.4) is 0 Å². The van der Waals surface area contributed by atoms with E-state index in [1.807, 2.05) is 30.3 Å². The maximum Gasteiger partial charge on any atom is 0.277 e. The van der Waals surface area contributed by atoms with Crippen molar-refractivity contribution in [3.05, 3.63) is 64.2 Å². The Labute approximate surface area is 108 Å². The van der Waals surface area contributed by atoms with Crippen LogP contribution in [0.15, 0.2) is 48.5 Å². The van der Waals surface area contributed by atoms with Crippen molar-refractivity contribution in [1.82, 2.24) is 0 Å². The van der Waals surface area contributed by atoms with Crippen LogP contribution < -0.4 is 0 Å². The predicted molar refractivity (Wildman–Crippen MR) is 73.5 cm³/mol. The van der Waals surface area contributed by atoms with Gasteiger partial charge in [0.15, 0.2) is 6.29 Å². The van der Waals surface area contributed by atoms with Crippen LogP contribution in [0.25, 0.3) is 21.5 Å². The SMILES string of the molecule is O=Cc1ccc([N+](=O)[O-])c2cc3ccccc3cc12. The standard InChI is InChI=1S/C15H9NO3/c17-9-12-5-6-15(16(18)19)14-8-11-4-2-1-3-10(11)7-13(12)14/h1-9H. The molecule has 0 unspecified atom stereocenters. The van der Waals surface area contributed by atoms with Crippen LogP contribution >= 0.6 is 0 Å². The van der Waals surface area contributed by atoms with Crippen LogP contribution in [0.2, 0.25) is 0 Å².